The number of hydrogen-bond acceptors (Lipinski definition) is 7. The number of amides is 1. The average Bonchev–Trinajstić information content (AvgIpc) is 3.19. The highest BCUT2D eigenvalue weighted by Crippen LogP contribution is 2.27. The third-order valence-electron chi connectivity index (χ3n) is 3.68. The van der Waals surface area contributed by atoms with Crippen molar-refractivity contribution < 1.29 is 23.5 Å². The smallest absolute Gasteiger partial charge is 0.258 e. The molecule has 0 fully saturated rings. The molecular formula is C19H19N3O5. The summed E-state index contributed by atoms with van der Waals surface area (Å²) in [6.07, 6.45) is 0. The van der Waals surface area contributed by atoms with Crippen molar-refractivity contribution >= 4 is 5.91 Å². The van der Waals surface area contributed by atoms with Gasteiger partial charge in [0.25, 0.3) is 5.91 Å². The van der Waals surface area contributed by atoms with E-state index >= 15 is 0 Å². The summed E-state index contributed by atoms with van der Waals surface area (Å²) < 4.78 is 21.1. The molecule has 0 aliphatic rings. The van der Waals surface area contributed by atoms with Crippen LogP contribution in [0.3, 0.4) is 0 Å². The number of aromatic nitrogens is 2. The number of ether oxygens (including phenoxy) is 3. The van der Waals surface area contributed by atoms with Gasteiger partial charge in [0.2, 0.25) is 11.7 Å². The van der Waals surface area contributed by atoms with E-state index in [9.17, 15) is 4.79 Å². The molecule has 0 saturated carbocycles. The molecule has 3 rings (SSSR count). The van der Waals surface area contributed by atoms with Crippen LogP contribution in [0.5, 0.6) is 17.2 Å². The maximum absolute atomic E-state index is 12.0. The van der Waals surface area contributed by atoms with Crippen molar-refractivity contribution in [2.45, 2.75) is 6.54 Å². The molecule has 0 spiro atoms. The number of rotatable bonds is 8. The average molecular weight is 369 g/mol. The number of nitrogens with zero attached hydrogens (tertiary/aromatic N) is 2. The fraction of sp³-hybridized carbons (Fsp3) is 0.211. The Labute approximate surface area is 156 Å². The van der Waals surface area contributed by atoms with Gasteiger partial charge in [0, 0.05) is 0 Å². The predicted octanol–water partition coefficient (Wildman–Crippen LogP) is 2.45. The number of methoxy groups -OCH3 is 2. The fourth-order valence-electron chi connectivity index (χ4n) is 2.37. The Hall–Kier alpha value is -3.55. The van der Waals surface area contributed by atoms with Crippen LogP contribution < -0.4 is 19.5 Å². The van der Waals surface area contributed by atoms with Gasteiger partial charge in [-0.2, -0.15) is 4.98 Å². The van der Waals surface area contributed by atoms with Gasteiger partial charge in [0.05, 0.1) is 26.3 Å². The van der Waals surface area contributed by atoms with Crippen molar-refractivity contribution in [3.05, 3.63) is 54.4 Å². The Kier molecular flexibility index (Phi) is 5.88. The zero-order valence-corrected chi connectivity index (χ0v) is 15.0. The molecule has 1 N–H and O–H groups in total. The van der Waals surface area contributed by atoms with Gasteiger partial charge in [-0.3, -0.25) is 4.79 Å². The van der Waals surface area contributed by atoms with E-state index in [-0.39, 0.29) is 24.9 Å². The standard InChI is InChI=1S/C19H19N3O5/c1-24-14-8-4-3-7-13(14)19-21-18(27-22-19)11-20-17(23)12-26-16-10-6-5-9-15(16)25-2/h3-10H,11-12H2,1-2H3,(H,20,23). The minimum absolute atomic E-state index is 0.0935. The van der Waals surface area contributed by atoms with E-state index < -0.39 is 0 Å². The van der Waals surface area contributed by atoms with Gasteiger partial charge < -0.3 is 24.1 Å². The molecule has 27 heavy (non-hydrogen) atoms. The summed E-state index contributed by atoms with van der Waals surface area (Å²) >= 11 is 0. The second-order valence-electron chi connectivity index (χ2n) is 5.43. The van der Waals surface area contributed by atoms with Crippen molar-refractivity contribution in [3.8, 4) is 28.6 Å². The van der Waals surface area contributed by atoms with Gasteiger partial charge in [-0.1, -0.05) is 29.4 Å². The number of nitrogens with one attached hydrogen (secondary N) is 1. The number of para-hydroxylation sites is 3. The molecule has 1 heterocycles. The molecular weight excluding hydrogens is 350 g/mol. The van der Waals surface area contributed by atoms with Crippen LogP contribution in [0.25, 0.3) is 11.4 Å². The summed E-state index contributed by atoms with van der Waals surface area (Å²) in [5.74, 6) is 2.04. The van der Waals surface area contributed by atoms with Crippen molar-refractivity contribution in [1.29, 1.82) is 0 Å². The predicted molar refractivity (Wildman–Crippen MR) is 96.6 cm³/mol. The SMILES string of the molecule is COc1ccccc1OCC(=O)NCc1nc(-c2ccccc2OC)no1. The fourth-order valence-corrected chi connectivity index (χ4v) is 2.37. The van der Waals surface area contributed by atoms with Gasteiger partial charge in [-0.25, -0.2) is 0 Å². The zero-order chi connectivity index (χ0) is 19.1. The van der Waals surface area contributed by atoms with Gasteiger partial charge in [-0.05, 0) is 24.3 Å². The number of benzene rings is 2. The molecule has 3 aromatic rings. The van der Waals surface area contributed by atoms with Gasteiger partial charge in [0.1, 0.15) is 5.75 Å². The molecule has 0 saturated heterocycles. The summed E-state index contributed by atoms with van der Waals surface area (Å²) in [6, 6.07) is 14.4. The highest BCUT2D eigenvalue weighted by molar-refractivity contribution is 5.77. The molecule has 8 nitrogen and oxygen atoms in total. The van der Waals surface area contributed by atoms with E-state index in [0.29, 0.717) is 28.6 Å². The molecule has 0 aliphatic heterocycles. The maximum Gasteiger partial charge on any atom is 0.258 e. The van der Waals surface area contributed by atoms with Crippen LogP contribution in [0.4, 0.5) is 0 Å². The molecule has 8 heteroatoms. The molecule has 0 aliphatic carbocycles. The number of hydrogen-bond donors (Lipinski definition) is 1. The first-order chi connectivity index (χ1) is 13.2. The second kappa shape index (κ2) is 8.70. The normalized spacial score (nSPS) is 10.3. The van der Waals surface area contributed by atoms with Crippen molar-refractivity contribution in [1.82, 2.24) is 15.5 Å². The second-order valence-corrected chi connectivity index (χ2v) is 5.43. The monoisotopic (exact) mass is 369 g/mol. The van der Waals surface area contributed by atoms with Gasteiger partial charge >= 0.3 is 0 Å². The van der Waals surface area contributed by atoms with Crippen LogP contribution in [-0.4, -0.2) is 36.9 Å². The summed E-state index contributed by atoms with van der Waals surface area (Å²) in [6.45, 7) is -0.0653. The quantitative estimate of drug-likeness (QED) is 0.651. The Morgan fingerprint density at radius 3 is 2.41 bits per heavy atom. The van der Waals surface area contributed by atoms with E-state index in [2.05, 4.69) is 15.5 Å². The van der Waals surface area contributed by atoms with Crippen LogP contribution >= 0.6 is 0 Å². The summed E-state index contributed by atoms with van der Waals surface area (Å²) in [4.78, 5) is 16.3. The molecule has 1 amide bonds. The molecule has 0 unspecified atom stereocenters. The lowest BCUT2D eigenvalue weighted by Gasteiger charge is -2.09. The Morgan fingerprint density at radius 2 is 1.67 bits per heavy atom. The summed E-state index contributed by atoms with van der Waals surface area (Å²) in [5.41, 5.74) is 0.709. The van der Waals surface area contributed by atoms with Gasteiger partial charge in [0.15, 0.2) is 18.1 Å². The van der Waals surface area contributed by atoms with Crippen LogP contribution in [0, 0.1) is 0 Å². The van der Waals surface area contributed by atoms with E-state index in [1.165, 1.54) is 7.11 Å². The van der Waals surface area contributed by atoms with Crippen molar-refractivity contribution in [2.75, 3.05) is 20.8 Å². The lowest BCUT2D eigenvalue weighted by atomic mass is 10.2. The first-order valence-corrected chi connectivity index (χ1v) is 8.19. The van der Waals surface area contributed by atoms with E-state index in [1.807, 2.05) is 30.3 Å². The highest BCUT2D eigenvalue weighted by atomic mass is 16.5. The first-order valence-electron chi connectivity index (χ1n) is 8.19. The number of carbonyl (C=O) groups excluding carboxylic acids is 1. The highest BCUT2D eigenvalue weighted by Gasteiger charge is 2.14. The van der Waals surface area contributed by atoms with Crippen LogP contribution in [0.1, 0.15) is 5.89 Å². The summed E-state index contributed by atoms with van der Waals surface area (Å²) in [7, 11) is 3.11. The largest absolute Gasteiger partial charge is 0.496 e. The Balaban J connectivity index is 1.55. The van der Waals surface area contributed by atoms with E-state index in [1.54, 1.807) is 25.3 Å². The third-order valence-corrected chi connectivity index (χ3v) is 3.68. The first kappa shape index (κ1) is 18.2. The molecule has 1 aromatic heterocycles. The molecule has 0 radical (unpaired) electrons. The van der Waals surface area contributed by atoms with Crippen LogP contribution in [0.15, 0.2) is 53.1 Å². The topological polar surface area (TPSA) is 95.7 Å². The lowest BCUT2D eigenvalue weighted by molar-refractivity contribution is -0.123. The van der Waals surface area contributed by atoms with Crippen LogP contribution in [0.2, 0.25) is 0 Å². The zero-order valence-electron chi connectivity index (χ0n) is 15.0. The van der Waals surface area contributed by atoms with Gasteiger partial charge in [-0.15, -0.1) is 0 Å². The molecule has 140 valence electrons. The molecule has 2 aromatic carbocycles. The maximum atomic E-state index is 12.0. The molecule has 0 bridgehead atoms. The third kappa shape index (κ3) is 4.55. The Bertz CT molecular complexity index is 910. The minimum atomic E-state index is -0.321. The lowest BCUT2D eigenvalue weighted by Crippen LogP contribution is -2.28. The van der Waals surface area contributed by atoms with E-state index in [0.717, 1.165) is 0 Å². The Morgan fingerprint density at radius 1 is 1.00 bits per heavy atom. The van der Waals surface area contributed by atoms with Crippen molar-refractivity contribution in [2.24, 2.45) is 0 Å². The van der Waals surface area contributed by atoms with Crippen LogP contribution in [-0.2, 0) is 11.3 Å². The minimum Gasteiger partial charge on any atom is -0.496 e. The van der Waals surface area contributed by atoms with E-state index in [4.69, 9.17) is 18.7 Å². The van der Waals surface area contributed by atoms with Crippen molar-refractivity contribution in [3.63, 3.8) is 0 Å². The summed E-state index contributed by atoms with van der Waals surface area (Å²) in [5, 5.41) is 6.59. The molecule has 0 atom stereocenters. The number of carbonyl (C=O) groups is 1.